The topological polar surface area (TPSA) is 191 Å². The van der Waals surface area contributed by atoms with Crippen molar-refractivity contribution < 1.29 is 28.6 Å². The van der Waals surface area contributed by atoms with E-state index in [4.69, 9.17) is 14.2 Å². The maximum absolute atomic E-state index is 14.0. The lowest BCUT2D eigenvalue weighted by Gasteiger charge is -2.35. The number of urea groups is 2. The van der Waals surface area contributed by atoms with Gasteiger partial charge in [-0.1, -0.05) is 68.8 Å². The number of aromatic nitrogens is 1. The molecule has 1 aliphatic rings. The number of benzene rings is 5. The van der Waals surface area contributed by atoms with Crippen molar-refractivity contribution in [1.82, 2.24) is 20.5 Å². The summed E-state index contributed by atoms with van der Waals surface area (Å²) in [4.78, 5) is 45.3. The summed E-state index contributed by atoms with van der Waals surface area (Å²) in [5, 5.41) is 29.4. The Balaban J connectivity index is 0.944. The summed E-state index contributed by atoms with van der Waals surface area (Å²) in [5.41, 5.74) is 6.12. The number of hydrogen-bond donors (Lipinski definition) is 7. The van der Waals surface area contributed by atoms with Gasteiger partial charge in [-0.25, -0.2) is 9.59 Å². The fourth-order valence-corrected chi connectivity index (χ4v) is 8.48. The summed E-state index contributed by atoms with van der Waals surface area (Å²) in [5.74, 6) is 1.03. The number of rotatable bonds is 19. The van der Waals surface area contributed by atoms with Gasteiger partial charge in [0.15, 0.2) is 0 Å². The molecule has 3 unspecified atom stereocenters. The van der Waals surface area contributed by atoms with Gasteiger partial charge in [0, 0.05) is 83.8 Å². The van der Waals surface area contributed by atoms with Crippen molar-refractivity contribution >= 4 is 57.2 Å². The molecule has 7 rings (SSSR count). The van der Waals surface area contributed by atoms with Crippen LogP contribution in [0.1, 0.15) is 61.3 Å². The number of carbonyl (C=O) groups excluding carboxylic acids is 3. The molecule has 1 saturated heterocycles. The Hall–Kier alpha value is -7.49. The van der Waals surface area contributed by atoms with Crippen LogP contribution in [-0.2, 0) is 11.2 Å². The van der Waals surface area contributed by atoms with Crippen LogP contribution in [0.4, 0.5) is 32.3 Å². The number of nitrogens with zero attached hydrogens (tertiary/aromatic N) is 2. The van der Waals surface area contributed by atoms with Gasteiger partial charge < -0.3 is 51.5 Å². The molecule has 5 aromatic carbocycles. The molecule has 0 aliphatic carbocycles. The summed E-state index contributed by atoms with van der Waals surface area (Å²) >= 11 is 0. The molecule has 5 amide bonds. The Morgan fingerprint density at radius 1 is 0.843 bits per heavy atom. The number of hydrogen-bond acceptors (Lipinski definition) is 10. The molecule has 70 heavy (non-hydrogen) atoms. The molecule has 1 fully saturated rings. The van der Waals surface area contributed by atoms with E-state index in [1.807, 2.05) is 99.6 Å². The highest BCUT2D eigenvalue weighted by molar-refractivity contribution is 6.04. The van der Waals surface area contributed by atoms with Crippen molar-refractivity contribution in [2.75, 3.05) is 61.2 Å². The van der Waals surface area contributed by atoms with Crippen LogP contribution in [0.2, 0.25) is 0 Å². The first kappa shape index (κ1) is 50.4. The molecule has 1 aromatic heterocycles. The highest BCUT2D eigenvalue weighted by Gasteiger charge is 2.33. The normalized spacial score (nSPS) is 14.7. The number of nitrogens with one attached hydrogen (secondary N) is 7. The molecule has 3 atom stereocenters. The molecule has 15 nitrogen and oxygen atoms in total. The third-order valence-electron chi connectivity index (χ3n) is 12.6. The van der Waals surface area contributed by atoms with Gasteiger partial charge in [0.25, 0.3) is 5.91 Å². The van der Waals surface area contributed by atoms with Crippen LogP contribution in [-0.4, -0.2) is 85.7 Å². The van der Waals surface area contributed by atoms with Crippen molar-refractivity contribution in [3.63, 3.8) is 0 Å². The maximum atomic E-state index is 14.0. The summed E-state index contributed by atoms with van der Waals surface area (Å²) < 4.78 is 17.8. The smallest absolute Gasteiger partial charge is 0.323 e. The number of anilines is 4. The standard InChI is InChI=1S/C55H65N9O6/c1-35-12-15-40(16-13-35)59-51(63-54(67)62-47-22-23-49(46-11-9-8-10-45(46)47)69-31-29-64-28-30-68-37(3)34-64)38(4)50(56)55(5,6)26-24-39-14-17-42(32-36(39)2)61-53(66)60-41-18-20-43(21-19-41)70-44-25-27-58-48(33-44)52(65)57-7/h8-23,25,27,32-33,37-38,51,56,59H,24,26,28-31,34H2,1-7H3,(H,57,65)(H2,60,61,66)(H2,62,63,67). The SMILES string of the molecule is CNC(=O)c1cc(Oc2ccc(NC(=O)Nc3ccc(CCC(C)(C)C(=N)C(C)C(NC(=O)Nc4ccc(OCCN5CCOC(C)C5)c5ccccc45)Nc4ccc(C)cc4)c(C)c3)cc2)ccn1. The predicted molar refractivity (Wildman–Crippen MR) is 279 cm³/mol. The second-order valence-corrected chi connectivity index (χ2v) is 18.5. The Morgan fingerprint density at radius 3 is 2.29 bits per heavy atom. The number of amides is 5. The average molecular weight is 948 g/mol. The number of ether oxygens (including phenoxy) is 3. The van der Waals surface area contributed by atoms with Gasteiger partial charge in [0.2, 0.25) is 0 Å². The summed E-state index contributed by atoms with van der Waals surface area (Å²) in [6, 6.07) is 34.8. The van der Waals surface area contributed by atoms with E-state index in [0.717, 1.165) is 65.1 Å². The third-order valence-corrected chi connectivity index (χ3v) is 12.6. The quantitative estimate of drug-likeness (QED) is 0.0306. The maximum Gasteiger partial charge on any atom is 0.323 e. The zero-order valence-corrected chi connectivity index (χ0v) is 41.1. The van der Waals surface area contributed by atoms with Crippen molar-refractivity contribution in [2.24, 2.45) is 11.3 Å². The van der Waals surface area contributed by atoms with E-state index in [-0.39, 0.29) is 17.7 Å². The van der Waals surface area contributed by atoms with Crippen LogP contribution in [0.25, 0.3) is 10.8 Å². The van der Waals surface area contributed by atoms with E-state index in [9.17, 15) is 19.8 Å². The zero-order chi connectivity index (χ0) is 49.8. The van der Waals surface area contributed by atoms with Crippen LogP contribution in [0.5, 0.6) is 17.2 Å². The zero-order valence-electron chi connectivity index (χ0n) is 41.1. The van der Waals surface area contributed by atoms with E-state index in [2.05, 4.69) is 62.6 Å². The van der Waals surface area contributed by atoms with E-state index in [1.165, 1.54) is 13.2 Å². The fourth-order valence-electron chi connectivity index (χ4n) is 8.48. The number of carbonyl (C=O) groups is 3. The van der Waals surface area contributed by atoms with Crippen molar-refractivity contribution in [2.45, 2.75) is 66.7 Å². The van der Waals surface area contributed by atoms with Crippen LogP contribution in [0, 0.1) is 30.6 Å². The molecule has 366 valence electrons. The number of pyridine rings is 1. The van der Waals surface area contributed by atoms with Crippen LogP contribution in [0.3, 0.4) is 0 Å². The average Bonchev–Trinajstić information content (AvgIpc) is 3.34. The highest BCUT2D eigenvalue weighted by atomic mass is 16.5. The van der Waals surface area contributed by atoms with E-state index in [1.54, 1.807) is 36.4 Å². The van der Waals surface area contributed by atoms with Crippen LogP contribution in [0.15, 0.2) is 121 Å². The minimum absolute atomic E-state index is 0.210. The highest BCUT2D eigenvalue weighted by Crippen LogP contribution is 2.33. The predicted octanol–water partition coefficient (Wildman–Crippen LogP) is 10.6. The minimum Gasteiger partial charge on any atom is -0.492 e. The third kappa shape index (κ3) is 13.6. The van der Waals surface area contributed by atoms with Gasteiger partial charge in [-0.3, -0.25) is 14.7 Å². The first-order valence-corrected chi connectivity index (χ1v) is 23.8. The lowest BCUT2D eigenvalue weighted by atomic mass is 9.75. The molecule has 1 aliphatic heterocycles. The molecule has 0 bridgehead atoms. The van der Waals surface area contributed by atoms with Gasteiger partial charge >= 0.3 is 12.1 Å². The first-order chi connectivity index (χ1) is 33.6. The van der Waals surface area contributed by atoms with Crippen molar-refractivity contribution in [3.05, 3.63) is 144 Å². The van der Waals surface area contributed by atoms with Crippen LogP contribution < -0.4 is 41.4 Å². The van der Waals surface area contributed by atoms with Gasteiger partial charge in [-0.05, 0) is 111 Å². The number of aryl methyl sites for hydroxylation is 3. The van der Waals surface area contributed by atoms with Gasteiger partial charge in [-0.15, -0.1) is 0 Å². The lowest BCUT2D eigenvalue weighted by Crippen LogP contribution is -2.51. The second-order valence-electron chi connectivity index (χ2n) is 18.5. The van der Waals surface area contributed by atoms with Crippen LogP contribution >= 0.6 is 0 Å². The Kier molecular flexibility index (Phi) is 16.7. The molecule has 7 N–H and O–H groups in total. The van der Waals surface area contributed by atoms with Gasteiger partial charge in [0.1, 0.15) is 35.7 Å². The lowest BCUT2D eigenvalue weighted by molar-refractivity contribution is -0.0213. The molecular formula is C55H65N9O6. The summed E-state index contributed by atoms with van der Waals surface area (Å²) in [6.45, 7) is 16.1. The second kappa shape index (κ2) is 23.2. The molecule has 15 heteroatoms. The fraction of sp³-hybridized carbons (Fsp3) is 0.327. The molecular weight excluding hydrogens is 883 g/mol. The largest absolute Gasteiger partial charge is 0.492 e. The van der Waals surface area contributed by atoms with Crippen molar-refractivity contribution in [3.8, 4) is 17.2 Å². The van der Waals surface area contributed by atoms with Gasteiger partial charge in [-0.2, -0.15) is 0 Å². The monoisotopic (exact) mass is 948 g/mol. The van der Waals surface area contributed by atoms with E-state index >= 15 is 0 Å². The molecule has 0 radical (unpaired) electrons. The molecule has 0 saturated carbocycles. The molecule has 6 aromatic rings. The Morgan fingerprint density at radius 2 is 1.56 bits per heavy atom. The van der Waals surface area contributed by atoms with E-state index in [0.29, 0.717) is 53.7 Å². The first-order valence-electron chi connectivity index (χ1n) is 23.8. The van der Waals surface area contributed by atoms with Crippen molar-refractivity contribution in [1.29, 1.82) is 5.41 Å². The number of morpholine rings is 1. The Labute approximate surface area is 410 Å². The Bertz CT molecular complexity index is 2780. The molecule has 0 spiro atoms. The van der Waals surface area contributed by atoms with E-state index < -0.39 is 29.6 Å². The molecule has 2 heterocycles. The minimum atomic E-state index is -0.618. The summed E-state index contributed by atoms with van der Waals surface area (Å²) in [7, 11) is 1.54. The number of fused-ring (bicyclic) bond motifs is 1. The van der Waals surface area contributed by atoms with Gasteiger partial charge in [0.05, 0.1) is 18.4 Å². The summed E-state index contributed by atoms with van der Waals surface area (Å²) in [6.07, 6.45) is 2.47.